The van der Waals surface area contributed by atoms with Crippen LogP contribution in [0.15, 0.2) is 29.3 Å². The number of nitriles is 2. The summed E-state index contributed by atoms with van der Waals surface area (Å²) in [7, 11) is 0. The van der Waals surface area contributed by atoms with Crippen LogP contribution in [0.2, 0.25) is 0 Å². The minimum Gasteiger partial charge on any atom is -0.397 e. The summed E-state index contributed by atoms with van der Waals surface area (Å²) in [4.78, 5) is 11.3. The predicted molar refractivity (Wildman–Crippen MR) is 122 cm³/mol. The van der Waals surface area contributed by atoms with E-state index >= 15 is 0 Å². The van der Waals surface area contributed by atoms with Gasteiger partial charge in [-0.25, -0.2) is 9.98 Å². The van der Waals surface area contributed by atoms with Gasteiger partial charge in [0.2, 0.25) is 5.96 Å². The molecule has 6 N–H and O–H groups in total. The molecule has 1 unspecified atom stereocenters. The monoisotopic (exact) mass is 417 g/mol. The molecular formula is C22H27N9. The minimum atomic E-state index is -0.530. The third-order valence-corrected chi connectivity index (χ3v) is 5.31. The van der Waals surface area contributed by atoms with E-state index in [-0.39, 0.29) is 23.0 Å². The molecule has 0 amide bonds. The molecule has 1 aromatic heterocycles. The summed E-state index contributed by atoms with van der Waals surface area (Å²) in [5.74, 6) is 0.668. The summed E-state index contributed by atoms with van der Waals surface area (Å²) in [5, 5.41) is 24.0. The molecular weight excluding hydrogens is 390 g/mol. The van der Waals surface area contributed by atoms with Crippen molar-refractivity contribution >= 4 is 23.3 Å². The Morgan fingerprint density at radius 3 is 2.74 bits per heavy atom. The molecule has 0 bridgehead atoms. The second-order valence-electron chi connectivity index (χ2n) is 7.37. The second kappa shape index (κ2) is 9.79. The number of nitrogens with zero attached hydrogens (tertiary/aromatic N) is 5. The number of aliphatic imine (C=N–C) groups is 1. The van der Waals surface area contributed by atoms with Crippen molar-refractivity contribution in [3.05, 3.63) is 46.5 Å². The van der Waals surface area contributed by atoms with Crippen LogP contribution in [0.25, 0.3) is 0 Å². The van der Waals surface area contributed by atoms with Crippen LogP contribution in [0.1, 0.15) is 55.0 Å². The Balaban J connectivity index is 2.04. The number of hydrogen-bond donors (Lipinski definition) is 4. The zero-order valence-electron chi connectivity index (χ0n) is 17.8. The van der Waals surface area contributed by atoms with Gasteiger partial charge in [-0.15, -0.1) is 0 Å². The lowest BCUT2D eigenvalue weighted by Gasteiger charge is -2.27. The van der Waals surface area contributed by atoms with E-state index in [0.717, 1.165) is 43.6 Å². The first kappa shape index (κ1) is 21.9. The second-order valence-corrected chi connectivity index (χ2v) is 7.37. The maximum absolute atomic E-state index is 9.47. The molecule has 0 aliphatic carbocycles. The molecule has 2 heterocycles. The minimum absolute atomic E-state index is 0.0338. The Bertz CT molecular complexity index is 1060. The van der Waals surface area contributed by atoms with Crippen molar-refractivity contribution < 1.29 is 0 Å². The van der Waals surface area contributed by atoms with Crippen LogP contribution < -0.4 is 22.1 Å². The molecule has 1 aliphatic rings. The van der Waals surface area contributed by atoms with Crippen LogP contribution >= 0.6 is 0 Å². The van der Waals surface area contributed by atoms with Crippen molar-refractivity contribution in [2.75, 3.05) is 29.9 Å². The molecule has 0 saturated carbocycles. The Morgan fingerprint density at radius 1 is 1.26 bits per heavy atom. The zero-order valence-corrected chi connectivity index (χ0v) is 17.8. The largest absolute Gasteiger partial charge is 0.397 e. The van der Waals surface area contributed by atoms with Crippen molar-refractivity contribution in [1.29, 1.82) is 10.5 Å². The summed E-state index contributed by atoms with van der Waals surface area (Å²) in [6.07, 6.45) is 4.18. The van der Waals surface area contributed by atoms with Gasteiger partial charge in [0.15, 0.2) is 6.19 Å². The SMILES string of the molecule is CCCCN(CC)Cc1cccc(C2N=C(NC#N)Nc3nc(N)c(C#N)c(N)c32)c1. The van der Waals surface area contributed by atoms with E-state index in [4.69, 9.17) is 16.7 Å². The highest BCUT2D eigenvalue weighted by molar-refractivity contribution is 5.98. The molecule has 160 valence electrons. The van der Waals surface area contributed by atoms with Gasteiger partial charge in [-0.2, -0.15) is 10.5 Å². The molecule has 0 radical (unpaired) electrons. The molecule has 2 aromatic rings. The molecule has 9 heteroatoms. The van der Waals surface area contributed by atoms with E-state index in [1.807, 2.05) is 24.4 Å². The van der Waals surface area contributed by atoms with Gasteiger partial charge in [-0.1, -0.05) is 44.5 Å². The number of anilines is 3. The molecule has 3 rings (SSSR count). The van der Waals surface area contributed by atoms with Crippen LogP contribution in [0.4, 0.5) is 17.3 Å². The van der Waals surface area contributed by atoms with Crippen molar-refractivity contribution in [3.63, 3.8) is 0 Å². The van der Waals surface area contributed by atoms with Crippen LogP contribution in [-0.2, 0) is 6.54 Å². The van der Waals surface area contributed by atoms with Gasteiger partial charge in [-0.3, -0.25) is 10.2 Å². The molecule has 9 nitrogen and oxygen atoms in total. The zero-order chi connectivity index (χ0) is 22.4. The fraction of sp³-hybridized carbons (Fsp3) is 0.364. The number of benzene rings is 1. The van der Waals surface area contributed by atoms with Gasteiger partial charge in [0.05, 0.1) is 5.69 Å². The topological polar surface area (TPSA) is 152 Å². The van der Waals surface area contributed by atoms with Gasteiger partial charge >= 0.3 is 0 Å². The number of aromatic nitrogens is 1. The third kappa shape index (κ3) is 4.68. The van der Waals surface area contributed by atoms with E-state index in [2.05, 4.69) is 51.5 Å². The fourth-order valence-corrected chi connectivity index (χ4v) is 3.67. The van der Waals surface area contributed by atoms with E-state index in [1.165, 1.54) is 0 Å². The summed E-state index contributed by atoms with van der Waals surface area (Å²) in [5.41, 5.74) is 15.2. The molecule has 31 heavy (non-hydrogen) atoms. The van der Waals surface area contributed by atoms with Crippen molar-refractivity contribution in [2.45, 2.75) is 39.3 Å². The Kier molecular flexibility index (Phi) is 6.91. The summed E-state index contributed by atoms with van der Waals surface area (Å²) in [6, 6.07) is 9.61. The number of fused-ring (bicyclic) bond motifs is 1. The van der Waals surface area contributed by atoms with Crippen LogP contribution in [0.3, 0.4) is 0 Å². The van der Waals surface area contributed by atoms with E-state index in [1.54, 1.807) is 0 Å². The van der Waals surface area contributed by atoms with Crippen LogP contribution in [0, 0.1) is 22.8 Å². The van der Waals surface area contributed by atoms with Crippen molar-refractivity contribution in [2.24, 2.45) is 4.99 Å². The van der Waals surface area contributed by atoms with Crippen LogP contribution in [-0.4, -0.2) is 28.9 Å². The first-order valence-electron chi connectivity index (χ1n) is 10.3. The first-order chi connectivity index (χ1) is 15.0. The third-order valence-electron chi connectivity index (χ3n) is 5.31. The average Bonchev–Trinajstić information content (AvgIpc) is 2.76. The number of guanidine groups is 1. The highest BCUT2D eigenvalue weighted by Gasteiger charge is 2.29. The summed E-state index contributed by atoms with van der Waals surface area (Å²) in [6.45, 7) is 7.19. The normalized spacial score (nSPS) is 14.7. The number of nitrogen functional groups attached to an aromatic ring is 2. The lowest BCUT2D eigenvalue weighted by atomic mass is 9.94. The number of nitrogens with two attached hydrogens (primary N) is 2. The Labute approximate surface area is 182 Å². The quantitative estimate of drug-likeness (QED) is 0.396. The number of unbranched alkanes of at least 4 members (excludes halogenated alkanes) is 1. The van der Waals surface area contributed by atoms with E-state index < -0.39 is 6.04 Å². The van der Waals surface area contributed by atoms with Crippen molar-refractivity contribution in [3.8, 4) is 12.3 Å². The standard InChI is InChI=1S/C22H27N9/c1-3-5-9-31(4-2)12-14-7-6-8-15(10-14)19-17-18(25)16(11-23)20(26)29-21(17)30-22(28-19)27-13-24/h6-8,10,19H,3-5,9,12H2,1-2H3,(H6,25,26,27,28,29,30). The lowest BCUT2D eigenvalue weighted by molar-refractivity contribution is 0.275. The van der Waals surface area contributed by atoms with Gasteiger partial charge < -0.3 is 16.8 Å². The number of rotatable bonds is 7. The van der Waals surface area contributed by atoms with Crippen LogP contribution in [0.5, 0.6) is 0 Å². The lowest BCUT2D eigenvalue weighted by Crippen LogP contribution is -2.32. The van der Waals surface area contributed by atoms with Crippen molar-refractivity contribution in [1.82, 2.24) is 15.2 Å². The summed E-state index contributed by atoms with van der Waals surface area (Å²) >= 11 is 0. The predicted octanol–water partition coefficient (Wildman–Crippen LogP) is 2.68. The Morgan fingerprint density at radius 2 is 2.06 bits per heavy atom. The number of hydrogen-bond acceptors (Lipinski definition) is 9. The van der Waals surface area contributed by atoms with Gasteiger partial charge in [-0.05, 0) is 30.6 Å². The average molecular weight is 418 g/mol. The number of pyridine rings is 1. The fourth-order valence-electron chi connectivity index (χ4n) is 3.67. The Hall–Kier alpha value is -3.82. The molecule has 0 spiro atoms. The van der Waals surface area contributed by atoms with E-state index in [0.29, 0.717) is 11.4 Å². The highest BCUT2D eigenvalue weighted by Crippen LogP contribution is 2.40. The number of nitrogens with one attached hydrogen (secondary N) is 2. The molecule has 0 saturated heterocycles. The van der Waals surface area contributed by atoms with Gasteiger partial charge in [0.25, 0.3) is 0 Å². The molecule has 1 aliphatic heterocycles. The van der Waals surface area contributed by atoms with Gasteiger partial charge in [0.1, 0.15) is 29.3 Å². The first-order valence-corrected chi connectivity index (χ1v) is 10.3. The maximum atomic E-state index is 9.47. The molecule has 1 atom stereocenters. The highest BCUT2D eigenvalue weighted by atomic mass is 15.2. The summed E-state index contributed by atoms with van der Waals surface area (Å²) < 4.78 is 0. The maximum Gasteiger partial charge on any atom is 0.211 e. The molecule has 0 fully saturated rings. The smallest absolute Gasteiger partial charge is 0.211 e. The van der Waals surface area contributed by atoms with Gasteiger partial charge in [0, 0.05) is 12.1 Å². The van der Waals surface area contributed by atoms with E-state index in [9.17, 15) is 5.26 Å². The molecule has 1 aromatic carbocycles.